The van der Waals surface area contributed by atoms with E-state index in [4.69, 9.17) is 9.47 Å². The molecule has 0 amide bonds. The summed E-state index contributed by atoms with van der Waals surface area (Å²) in [5.74, 6) is 1.36. The fourth-order valence-corrected chi connectivity index (χ4v) is 1.55. The van der Waals surface area contributed by atoms with Gasteiger partial charge in [0.05, 0.1) is 5.52 Å². The summed E-state index contributed by atoms with van der Waals surface area (Å²) in [5.41, 5.74) is 0.849. The second-order valence-corrected chi connectivity index (χ2v) is 4.26. The van der Waals surface area contributed by atoms with E-state index < -0.39 is 0 Å². The predicted molar refractivity (Wildman–Crippen MR) is 70.8 cm³/mol. The number of aromatic nitrogens is 2. The molecule has 1 N–H and O–H groups in total. The normalized spacial score (nSPS) is 10.9. The van der Waals surface area contributed by atoms with Crippen molar-refractivity contribution in [3.63, 3.8) is 0 Å². The topological polar surface area (TPSA) is 56.3 Å². The maximum absolute atomic E-state index is 5.38. The Morgan fingerprint density at radius 3 is 2.89 bits per heavy atom. The molecule has 0 radical (unpaired) electrons. The maximum atomic E-state index is 5.38. The Bertz CT molecular complexity index is 529. The third kappa shape index (κ3) is 3.07. The van der Waals surface area contributed by atoms with Gasteiger partial charge in [-0.3, -0.25) is 0 Å². The van der Waals surface area contributed by atoms with Crippen LogP contribution in [0, 0.1) is 0 Å². The summed E-state index contributed by atoms with van der Waals surface area (Å²) < 4.78 is 10.2. The smallest absolute Gasteiger partial charge is 0.223 e. The molecule has 96 valence electrons. The van der Waals surface area contributed by atoms with Crippen LogP contribution in [0.15, 0.2) is 24.4 Å². The van der Waals surface area contributed by atoms with Crippen LogP contribution in [0.4, 0.5) is 5.95 Å². The number of methoxy groups -OCH3 is 1. The Hall–Kier alpha value is -1.88. The number of nitrogens with one attached hydrogen (secondary N) is 1. The van der Waals surface area contributed by atoms with Crippen molar-refractivity contribution in [2.45, 2.75) is 19.9 Å². The molecule has 0 aliphatic carbocycles. The van der Waals surface area contributed by atoms with Gasteiger partial charge in [-0.05, 0) is 26.0 Å². The summed E-state index contributed by atoms with van der Waals surface area (Å²) >= 11 is 0. The van der Waals surface area contributed by atoms with Gasteiger partial charge in [0.1, 0.15) is 5.75 Å². The Kier molecular flexibility index (Phi) is 3.94. The highest BCUT2D eigenvalue weighted by Gasteiger charge is 2.03. The molecule has 0 aliphatic rings. The third-order valence-corrected chi connectivity index (χ3v) is 2.32. The van der Waals surface area contributed by atoms with E-state index in [1.165, 1.54) is 0 Å². The minimum atomic E-state index is 0.230. The van der Waals surface area contributed by atoms with E-state index >= 15 is 0 Å². The second kappa shape index (κ2) is 5.64. The lowest BCUT2D eigenvalue weighted by atomic mass is 10.2. The Balaban J connectivity index is 2.28. The lowest BCUT2D eigenvalue weighted by Gasteiger charge is -2.09. The number of nitrogens with zero attached hydrogens (tertiary/aromatic N) is 2. The standard InChI is InChI=1S/C13H17N3O2/c1-9(2)15-13-14-7-10-4-5-11(18-8-17-3)6-12(10)16-13/h4-7,9H,8H2,1-3H3,(H,14,15,16). The molecule has 5 nitrogen and oxygen atoms in total. The van der Waals surface area contributed by atoms with Crippen molar-refractivity contribution < 1.29 is 9.47 Å². The monoisotopic (exact) mass is 247 g/mol. The van der Waals surface area contributed by atoms with Crippen LogP contribution in [0.5, 0.6) is 5.75 Å². The van der Waals surface area contributed by atoms with Gasteiger partial charge in [-0.25, -0.2) is 9.97 Å². The molecule has 2 rings (SSSR count). The zero-order chi connectivity index (χ0) is 13.0. The van der Waals surface area contributed by atoms with Crippen LogP contribution in [0.25, 0.3) is 10.9 Å². The highest BCUT2D eigenvalue weighted by molar-refractivity contribution is 5.80. The molecule has 0 saturated carbocycles. The number of hydrogen-bond acceptors (Lipinski definition) is 5. The molecule has 2 aromatic rings. The van der Waals surface area contributed by atoms with Crippen molar-refractivity contribution in [3.05, 3.63) is 24.4 Å². The summed E-state index contributed by atoms with van der Waals surface area (Å²) in [6, 6.07) is 5.98. The average Bonchev–Trinajstić information content (AvgIpc) is 2.35. The first-order valence-electron chi connectivity index (χ1n) is 5.84. The molecule has 18 heavy (non-hydrogen) atoms. The van der Waals surface area contributed by atoms with Gasteiger partial charge < -0.3 is 14.8 Å². The van der Waals surface area contributed by atoms with E-state index in [0.29, 0.717) is 12.0 Å². The van der Waals surface area contributed by atoms with E-state index in [2.05, 4.69) is 15.3 Å². The summed E-state index contributed by atoms with van der Waals surface area (Å²) in [7, 11) is 1.59. The van der Waals surface area contributed by atoms with Crippen molar-refractivity contribution in [3.8, 4) is 5.75 Å². The second-order valence-electron chi connectivity index (χ2n) is 4.26. The number of ether oxygens (including phenoxy) is 2. The zero-order valence-corrected chi connectivity index (χ0v) is 10.8. The molecular weight excluding hydrogens is 230 g/mol. The van der Waals surface area contributed by atoms with Crippen LogP contribution in [-0.4, -0.2) is 29.9 Å². The number of hydrogen-bond donors (Lipinski definition) is 1. The van der Waals surface area contributed by atoms with Crippen LogP contribution >= 0.6 is 0 Å². The molecule has 0 unspecified atom stereocenters. The van der Waals surface area contributed by atoms with Gasteiger partial charge in [0.2, 0.25) is 5.95 Å². The van der Waals surface area contributed by atoms with E-state index in [9.17, 15) is 0 Å². The van der Waals surface area contributed by atoms with E-state index in [1.54, 1.807) is 13.3 Å². The van der Waals surface area contributed by atoms with Crippen molar-refractivity contribution in [1.82, 2.24) is 9.97 Å². The fraction of sp³-hybridized carbons (Fsp3) is 0.385. The van der Waals surface area contributed by atoms with Crippen LogP contribution in [0.2, 0.25) is 0 Å². The minimum absolute atomic E-state index is 0.230. The molecule has 0 bridgehead atoms. The average molecular weight is 247 g/mol. The van der Waals surface area contributed by atoms with Crippen LogP contribution in [0.1, 0.15) is 13.8 Å². The summed E-state index contributed by atoms with van der Waals surface area (Å²) in [4.78, 5) is 8.69. The first-order valence-corrected chi connectivity index (χ1v) is 5.84. The summed E-state index contributed by atoms with van der Waals surface area (Å²) in [5, 5.41) is 4.15. The lowest BCUT2D eigenvalue weighted by molar-refractivity contribution is 0.0512. The van der Waals surface area contributed by atoms with E-state index in [0.717, 1.165) is 16.7 Å². The third-order valence-electron chi connectivity index (χ3n) is 2.32. The van der Waals surface area contributed by atoms with Gasteiger partial charge in [-0.2, -0.15) is 0 Å². The van der Waals surface area contributed by atoms with Crippen LogP contribution in [-0.2, 0) is 4.74 Å². The number of anilines is 1. The first-order chi connectivity index (χ1) is 8.69. The van der Waals surface area contributed by atoms with Gasteiger partial charge in [0.25, 0.3) is 0 Å². The highest BCUT2D eigenvalue weighted by atomic mass is 16.7. The summed E-state index contributed by atoms with van der Waals surface area (Å²) in [6.07, 6.45) is 1.80. The van der Waals surface area contributed by atoms with Crippen molar-refractivity contribution in [2.24, 2.45) is 0 Å². The Morgan fingerprint density at radius 2 is 2.17 bits per heavy atom. The largest absolute Gasteiger partial charge is 0.467 e. The fourth-order valence-electron chi connectivity index (χ4n) is 1.55. The molecule has 0 fully saturated rings. The highest BCUT2D eigenvalue weighted by Crippen LogP contribution is 2.19. The molecule has 0 atom stereocenters. The van der Waals surface area contributed by atoms with E-state index in [-0.39, 0.29) is 6.79 Å². The molecule has 0 aliphatic heterocycles. The van der Waals surface area contributed by atoms with Crippen molar-refractivity contribution in [2.75, 3.05) is 19.2 Å². The number of rotatable bonds is 5. The van der Waals surface area contributed by atoms with Crippen molar-refractivity contribution >= 4 is 16.9 Å². The maximum Gasteiger partial charge on any atom is 0.223 e. The predicted octanol–water partition coefficient (Wildman–Crippen LogP) is 2.43. The van der Waals surface area contributed by atoms with Crippen LogP contribution in [0.3, 0.4) is 0 Å². The molecule has 5 heteroatoms. The molecule has 1 heterocycles. The van der Waals surface area contributed by atoms with Gasteiger partial charge in [-0.15, -0.1) is 0 Å². The Morgan fingerprint density at radius 1 is 1.33 bits per heavy atom. The number of fused-ring (bicyclic) bond motifs is 1. The van der Waals surface area contributed by atoms with Crippen LogP contribution < -0.4 is 10.1 Å². The minimum Gasteiger partial charge on any atom is -0.467 e. The lowest BCUT2D eigenvalue weighted by Crippen LogP contribution is -2.12. The van der Waals surface area contributed by atoms with Crippen molar-refractivity contribution in [1.29, 1.82) is 0 Å². The number of benzene rings is 1. The first kappa shape index (κ1) is 12.6. The quantitative estimate of drug-likeness (QED) is 0.822. The SMILES string of the molecule is COCOc1ccc2cnc(NC(C)C)nc2c1. The van der Waals surface area contributed by atoms with Gasteiger partial charge >= 0.3 is 0 Å². The summed E-state index contributed by atoms with van der Waals surface area (Å²) in [6.45, 7) is 4.32. The molecule has 0 saturated heterocycles. The molecule has 1 aromatic heterocycles. The Labute approximate surface area is 106 Å². The van der Waals surface area contributed by atoms with Gasteiger partial charge in [0.15, 0.2) is 6.79 Å². The van der Waals surface area contributed by atoms with Gasteiger partial charge in [0, 0.05) is 30.8 Å². The molecule has 0 spiro atoms. The van der Waals surface area contributed by atoms with E-state index in [1.807, 2.05) is 32.0 Å². The molecular formula is C13H17N3O2. The van der Waals surface area contributed by atoms with Gasteiger partial charge in [-0.1, -0.05) is 0 Å². The molecule has 1 aromatic carbocycles. The zero-order valence-electron chi connectivity index (χ0n) is 10.8.